The van der Waals surface area contributed by atoms with Gasteiger partial charge in [0.25, 0.3) is 0 Å². The van der Waals surface area contributed by atoms with Crippen LogP contribution < -0.4 is 0 Å². The van der Waals surface area contributed by atoms with Gasteiger partial charge in [-0.1, -0.05) is 24.3 Å². The third-order valence-electron chi connectivity index (χ3n) is 2.12. The van der Waals surface area contributed by atoms with Crippen molar-refractivity contribution in [2.24, 2.45) is 0 Å². The van der Waals surface area contributed by atoms with Gasteiger partial charge in [-0.25, -0.2) is 0 Å². The maximum Gasteiger partial charge on any atom is 0.151 e. The van der Waals surface area contributed by atoms with Crippen LogP contribution in [0.5, 0.6) is 5.75 Å². The molecule has 14 heavy (non-hydrogen) atoms. The zero-order valence-corrected chi connectivity index (χ0v) is 8.78. The van der Waals surface area contributed by atoms with Gasteiger partial charge in [0.1, 0.15) is 5.75 Å². The van der Waals surface area contributed by atoms with Gasteiger partial charge in [-0.15, -0.1) is 0 Å². The fraction of sp³-hybridized carbons (Fsp3) is 0. The summed E-state index contributed by atoms with van der Waals surface area (Å²) >= 11 is 3.18. The minimum absolute atomic E-state index is 0.116. The molecule has 0 atom stereocenters. The first-order valence-corrected chi connectivity index (χ1v) is 4.88. The number of phenolic OH excluding ortho intramolecular Hbond substituents is 1. The summed E-state index contributed by atoms with van der Waals surface area (Å²) in [5, 5.41) is 11.4. The molecule has 0 fully saturated rings. The minimum Gasteiger partial charge on any atom is -0.506 e. The summed E-state index contributed by atoms with van der Waals surface area (Å²) in [6, 6.07) is 9.12. The molecule has 70 valence electrons. The summed E-state index contributed by atoms with van der Waals surface area (Å²) < 4.78 is 0.450. The highest BCUT2D eigenvalue weighted by Crippen LogP contribution is 2.34. The van der Waals surface area contributed by atoms with Crippen LogP contribution in [0.15, 0.2) is 34.8 Å². The number of phenols is 1. The Kier molecular flexibility index (Phi) is 2.25. The Bertz CT molecular complexity index is 506. The lowest BCUT2D eigenvalue weighted by Gasteiger charge is -2.05. The second kappa shape index (κ2) is 3.42. The molecular formula is C11H7BrO2. The van der Waals surface area contributed by atoms with Crippen molar-refractivity contribution in [1.82, 2.24) is 0 Å². The van der Waals surface area contributed by atoms with Crippen LogP contribution in [0.4, 0.5) is 0 Å². The van der Waals surface area contributed by atoms with E-state index in [2.05, 4.69) is 15.9 Å². The summed E-state index contributed by atoms with van der Waals surface area (Å²) in [6.45, 7) is 0. The Hall–Kier alpha value is -1.35. The van der Waals surface area contributed by atoms with Gasteiger partial charge in [0.2, 0.25) is 0 Å². The van der Waals surface area contributed by atoms with Crippen LogP contribution >= 0.6 is 15.9 Å². The van der Waals surface area contributed by atoms with Crippen LogP contribution in [0.2, 0.25) is 0 Å². The molecule has 2 rings (SSSR count). The molecule has 0 aliphatic carbocycles. The molecule has 0 heterocycles. The highest BCUT2D eigenvalue weighted by molar-refractivity contribution is 9.10. The molecule has 0 aliphatic heterocycles. The summed E-state index contributed by atoms with van der Waals surface area (Å²) in [7, 11) is 0. The normalized spacial score (nSPS) is 10.4. The molecule has 2 aromatic carbocycles. The van der Waals surface area contributed by atoms with Crippen molar-refractivity contribution in [3.05, 3.63) is 40.4 Å². The fourth-order valence-corrected chi connectivity index (χ4v) is 1.83. The zero-order valence-electron chi connectivity index (χ0n) is 7.20. The van der Waals surface area contributed by atoms with Gasteiger partial charge in [0, 0.05) is 10.9 Å². The smallest absolute Gasteiger partial charge is 0.151 e. The summed E-state index contributed by atoms with van der Waals surface area (Å²) in [5.74, 6) is 0.116. The van der Waals surface area contributed by atoms with Gasteiger partial charge in [0.15, 0.2) is 6.29 Å². The van der Waals surface area contributed by atoms with E-state index in [1.807, 2.05) is 24.3 Å². The highest BCUT2D eigenvalue weighted by atomic mass is 79.9. The van der Waals surface area contributed by atoms with Crippen LogP contribution in [-0.2, 0) is 0 Å². The number of rotatable bonds is 1. The van der Waals surface area contributed by atoms with Gasteiger partial charge < -0.3 is 5.11 Å². The van der Waals surface area contributed by atoms with Crippen LogP contribution in [0.1, 0.15) is 10.4 Å². The molecule has 0 unspecified atom stereocenters. The maximum absolute atomic E-state index is 10.7. The summed E-state index contributed by atoms with van der Waals surface area (Å²) in [5.41, 5.74) is 0.459. The quantitative estimate of drug-likeness (QED) is 0.790. The predicted molar refractivity (Wildman–Crippen MR) is 58.7 cm³/mol. The third kappa shape index (κ3) is 1.30. The standard InChI is InChI=1S/C11H7BrO2/c12-10-8(6-13)5-7-3-1-2-4-9(7)11(10)14/h1-6,14H. The lowest BCUT2D eigenvalue weighted by molar-refractivity contribution is 0.112. The first-order valence-electron chi connectivity index (χ1n) is 4.09. The average molecular weight is 251 g/mol. The fourth-order valence-electron chi connectivity index (χ4n) is 1.41. The molecular weight excluding hydrogens is 244 g/mol. The second-order valence-corrected chi connectivity index (χ2v) is 3.76. The SMILES string of the molecule is O=Cc1cc2ccccc2c(O)c1Br. The molecule has 0 aromatic heterocycles. The number of carbonyl (C=O) groups is 1. The van der Waals surface area contributed by atoms with Crippen molar-refractivity contribution in [1.29, 1.82) is 0 Å². The van der Waals surface area contributed by atoms with Gasteiger partial charge in [-0.05, 0) is 27.4 Å². The van der Waals surface area contributed by atoms with E-state index in [0.29, 0.717) is 10.0 Å². The van der Waals surface area contributed by atoms with E-state index in [4.69, 9.17) is 0 Å². The van der Waals surface area contributed by atoms with Crippen molar-refractivity contribution in [2.45, 2.75) is 0 Å². The number of aldehydes is 1. The predicted octanol–water partition coefficient (Wildman–Crippen LogP) is 3.12. The topological polar surface area (TPSA) is 37.3 Å². The molecule has 0 saturated heterocycles. The number of hydrogen-bond donors (Lipinski definition) is 1. The van der Waals surface area contributed by atoms with E-state index >= 15 is 0 Å². The van der Waals surface area contributed by atoms with Crippen LogP contribution in [0.3, 0.4) is 0 Å². The van der Waals surface area contributed by atoms with Gasteiger partial charge in [0.05, 0.1) is 4.47 Å². The first kappa shape index (κ1) is 9.21. The van der Waals surface area contributed by atoms with E-state index in [-0.39, 0.29) is 5.75 Å². The number of fused-ring (bicyclic) bond motifs is 1. The Balaban J connectivity index is 2.91. The van der Waals surface area contributed by atoms with E-state index in [0.717, 1.165) is 17.1 Å². The van der Waals surface area contributed by atoms with Crippen LogP contribution in [-0.4, -0.2) is 11.4 Å². The Morgan fingerprint density at radius 2 is 2.00 bits per heavy atom. The lowest BCUT2D eigenvalue weighted by atomic mass is 10.1. The van der Waals surface area contributed by atoms with Crippen LogP contribution in [0, 0.1) is 0 Å². The number of carbonyl (C=O) groups excluding carboxylic acids is 1. The lowest BCUT2D eigenvalue weighted by Crippen LogP contribution is -1.84. The first-order chi connectivity index (χ1) is 6.74. The largest absolute Gasteiger partial charge is 0.506 e. The third-order valence-corrected chi connectivity index (χ3v) is 2.95. The average Bonchev–Trinajstić information content (AvgIpc) is 2.23. The molecule has 0 radical (unpaired) electrons. The molecule has 1 N–H and O–H groups in total. The monoisotopic (exact) mass is 250 g/mol. The highest BCUT2D eigenvalue weighted by Gasteiger charge is 2.08. The van der Waals surface area contributed by atoms with Gasteiger partial charge in [-0.2, -0.15) is 0 Å². The molecule has 0 spiro atoms. The summed E-state index contributed by atoms with van der Waals surface area (Å²) in [6.07, 6.45) is 0.718. The van der Waals surface area contributed by atoms with E-state index < -0.39 is 0 Å². The molecule has 0 bridgehead atoms. The van der Waals surface area contributed by atoms with Crippen molar-refractivity contribution < 1.29 is 9.90 Å². The van der Waals surface area contributed by atoms with Crippen molar-refractivity contribution in [3.8, 4) is 5.75 Å². The summed E-state index contributed by atoms with van der Waals surface area (Å²) in [4.78, 5) is 10.7. The van der Waals surface area contributed by atoms with Crippen molar-refractivity contribution in [3.63, 3.8) is 0 Å². The van der Waals surface area contributed by atoms with Crippen molar-refractivity contribution in [2.75, 3.05) is 0 Å². The maximum atomic E-state index is 10.7. The Morgan fingerprint density at radius 1 is 1.29 bits per heavy atom. The zero-order chi connectivity index (χ0) is 10.1. The number of aromatic hydroxyl groups is 1. The Morgan fingerprint density at radius 3 is 2.71 bits per heavy atom. The Labute approximate surface area is 89.3 Å². The van der Waals surface area contributed by atoms with E-state index in [1.54, 1.807) is 6.07 Å². The number of hydrogen-bond acceptors (Lipinski definition) is 2. The van der Waals surface area contributed by atoms with Crippen LogP contribution in [0.25, 0.3) is 10.8 Å². The van der Waals surface area contributed by atoms with E-state index in [1.165, 1.54) is 0 Å². The van der Waals surface area contributed by atoms with Crippen molar-refractivity contribution >= 4 is 33.0 Å². The molecule has 0 aliphatic rings. The number of benzene rings is 2. The molecule has 0 saturated carbocycles. The van der Waals surface area contributed by atoms with Gasteiger partial charge in [-0.3, -0.25) is 4.79 Å². The number of halogens is 1. The molecule has 0 amide bonds. The molecule has 2 aromatic rings. The second-order valence-electron chi connectivity index (χ2n) is 2.97. The van der Waals surface area contributed by atoms with Gasteiger partial charge >= 0.3 is 0 Å². The molecule has 2 nitrogen and oxygen atoms in total. The van der Waals surface area contributed by atoms with E-state index in [9.17, 15) is 9.90 Å². The molecule has 3 heteroatoms. The minimum atomic E-state index is 0.116.